The minimum absolute atomic E-state index is 0.101. The summed E-state index contributed by atoms with van der Waals surface area (Å²) in [6.07, 6.45) is 4.89. The average Bonchev–Trinajstić information content (AvgIpc) is 3.15. The van der Waals surface area contributed by atoms with Crippen LogP contribution in [0.4, 0.5) is 0 Å². The first-order valence-electron chi connectivity index (χ1n) is 7.32. The number of oxime groups is 1. The van der Waals surface area contributed by atoms with Crippen molar-refractivity contribution >= 4 is 11.7 Å². The molecule has 1 aliphatic carbocycles. The number of hydrogen-bond acceptors (Lipinski definition) is 6. The molecule has 0 radical (unpaired) electrons. The molecule has 3 rings (SSSR count). The van der Waals surface area contributed by atoms with Gasteiger partial charge in [0, 0.05) is 12.8 Å². The standard InChI is InChI=1S/C14H21NO5/c1-17-12(16)5-3-2-4-10-13-11(20-15-10)6-7-14(13)18-8-9-19-14/h11,13H,2-9H2,1H3/t11-,13-/m0/s1. The number of carbonyl (C=O) groups excluding carboxylic acids is 1. The van der Waals surface area contributed by atoms with E-state index in [1.54, 1.807) is 0 Å². The van der Waals surface area contributed by atoms with Crippen LogP contribution in [0, 0.1) is 5.92 Å². The van der Waals surface area contributed by atoms with Gasteiger partial charge < -0.3 is 19.0 Å². The van der Waals surface area contributed by atoms with Gasteiger partial charge in [-0.05, 0) is 25.7 Å². The molecule has 112 valence electrons. The smallest absolute Gasteiger partial charge is 0.305 e. The maximum absolute atomic E-state index is 11.1. The monoisotopic (exact) mass is 283 g/mol. The molecule has 0 unspecified atom stereocenters. The number of ether oxygens (including phenoxy) is 3. The minimum Gasteiger partial charge on any atom is -0.469 e. The molecule has 0 aromatic rings. The Morgan fingerprint density at radius 3 is 2.95 bits per heavy atom. The molecule has 1 saturated heterocycles. The first kappa shape index (κ1) is 13.8. The van der Waals surface area contributed by atoms with Crippen LogP contribution < -0.4 is 0 Å². The summed E-state index contributed by atoms with van der Waals surface area (Å²) in [5, 5.41) is 4.22. The number of carbonyl (C=O) groups is 1. The average molecular weight is 283 g/mol. The highest BCUT2D eigenvalue weighted by Gasteiger charge is 2.58. The van der Waals surface area contributed by atoms with Crippen molar-refractivity contribution in [1.29, 1.82) is 0 Å². The van der Waals surface area contributed by atoms with Crippen LogP contribution in [0.2, 0.25) is 0 Å². The fraction of sp³-hybridized carbons (Fsp3) is 0.857. The first-order valence-corrected chi connectivity index (χ1v) is 7.32. The third-order valence-corrected chi connectivity index (χ3v) is 4.35. The number of methoxy groups -OCH3 is 1. The summed E-state index contributed by atoms with van der Waals surface area (Å²) >= 11 is 0. The van der Waals surface area contributed by atoms with Gasteiger partial charge in [0.2, 0.25) is 0 Å². The molecule has 0 amide bonds. The lowest BCUT2D eigenvalue weighted by Crippen LogP contribution is -2.41. The SMILES string of the molecule is COC(=O)CCCCC1=NO[C@H]2CCC3(OCCO3)[C@@H]12. The molecule has 1 saturated carbocycles. The molecule has 6 nitrogen and oxygen atoms in total. The Morgan fingerprint density at radius 1 is 1.40 bits per heavy atom. The van der Waals surface area contributed by atoms with Gasteiger partial charge in [-0.25, -0.2) is 0 Å². The van der Waals surface area contributed by atoms with Gasteiger partial charge in [-0.1, -0.05) is 5.16 Å². The number of unbranched alkanes of at least 4 members (excludes halogenated alkanes) is 1. The Morgan fingerprint density at radius 2 is 2.20 bits per heavy atom. The van der Waals surface area contributed by atoms with Crippen LogP contribution >= 0.6 is 0 Å². The fourth-order valence-corrected chi connectivity index (χ4v) is 3.40. The zero-order chi connectivity index (χ0) is 14.0. The van der Waals surface area contributed by atoms with E-state index in [0.717, 1.165) is 37.8 Å². The van der Waals surface area contributed by atoms with Crippen LogP contribution in [0.3, 0.4) is 0 Å². The number of esters is 1. The van der Waals surface area contributed by atoms with Gasteiger partial charge in [-0.3, -0.25) is 4.79 Å². The molecule has 2 aliphatic heterocycles. The molecule has 3 aliphatic rings. The molecule has 0 aromatic heterocycles. The van der Waals surface area contributed by atoms with E-state index in [1.165, 1.54) is 7.11 Å². The molecular weight excluding hydrogens is 262 g/mol. The third kappa shape index (κ3) is 2.42. The van der Waals surface area contributed by atoms with Crippen LogP contribution in [-0.2, 0) is 23.8 Å². The first-order chi connectivity index (χ1) is 9.75. The van der Waals surface area contributed by atoms with E-state index in [1.807, 2.05) is 0 Å². The number of nitrogens with zero attached hydrogens (tertiary/aromatic N) is 1. The summed E-state index contributed by atoms with van der Waals surface area (Å²) in [5.74, 6) is -0.530. The highest BCUT2D eigenvalue weighted by Crippen LogP contribution is 2.47. The van der Waals surface area contributed by atoms with Crippen molar-refractivity contribution in [1.82, 2.24) is 0 Å². The van der Waals surface area contributed by atoms with Crippen molar-refractivity contribution in [2.24, 2.45) is 11.1 Å². The second-order valence-electron chi connectivity index (χ2n) is 5.53. The molecule has 2 atom stereocenters. The van der Waals surface area contributed by atoms with E-state index in [-0.39, 0.29) is 18.0 Å². The Hall–Kier alpha value is -1.14. The van der Waals surface area contributed by atoms with Gasteiger partial charge in [0.25, 0.3) is 0 Å². The lowest BCUT2D eigenvalue weighted by atomic mass is 9.91. The van der Waals surface area contributed by atoms with Crippen LogP contribution in [0.15, 0.2) is 5.16 Å². The topological polar surface area (TPSA) is 66.4 Å². The molecule has 2 heterocycles. The van der Waals surface area contributed by atoms with Gasteiger partial charge in [-0.2, -0.15) is 0 Å². The van der Waals surface area contributed by atoms with Crippen molar-refractivity contribution in [2.75, 3.05) is 20.3 Å². The second-order valence-corrected chi connectivity index (χ2v) is 5.53. The van der Waals surface area contributed by atoms with Crippen molar-refractivity contribution in [3.05, 3.63) is 0 Å². The highest BCUT2D eigenvalue weighted by atomic mass is 16.7. The van der Waals surface area contributed by atoms with E-state index in [9.17, 15) is 4.79 Å². The molecule has 1 spiro atoms. The Balaban J connectivity index is 1.53. The molecular formula is C14H21NO5. The summed E-state index contributed by atoms with van der Waals surface area (Å²) in [6, 6.07) is 0. The normalized spacial score (nSPS) is 30.1. The Labute approximate surface area is 118 Å². The van der Waals surface area contributed by atoms with Gasteiger partial charge >= 0.3 is 5.97 Å². The van der Waals surface area contributed by atoms with E-state index in [2.05, 4.69) is 9.89 Å². The predicted octanol–water partition coefficient (Wildman–Crippen LogP) is 1.63. The molecule has 6 heteroatoms. The van der Waals surface area contributed by atoms with Gasteiger partial charge in [-0.15, -0.1) is 0 Å². The second kappa shape index (κ2) is 5.69. The molecule has 0 N–H and O–H groups in total. The summed E-state index contributed by atoms with van der Waals surface area (Å²) in [6.45, 7) is 1.30. The van der Waals surface area contributed by atoms with Crippen LogP contribution in [-0.4, -0.2) is 43.9 Å². The quantitative estimate of drug-likeness (QED) is 0.566. The number of hydrogen-bond donors (Lipinski definition) is 0. The number of fused-ring (bicyclic) bond motifs is 2. The molecule has 2 fully saturated rings. The van der Waals surface area contributed by atoms with Gasteiger partial charge in [0.1, 0.15) is 6.10 Å². The van der Waals surface area contributed by atoms with Gasteiger partial charge in [0.15, 0.2) is 5.79 Å². The van der Waals surface area contributed by atoms with Crippen molar-refractivity contribution in [3.8, 4) is 0 Å². The minimum atomic E-state index is -0.498. The van der Waals surface area contributed by atoms with E-state index in [4.69, 9.17) is 14.3 Å². The highest BCUT2D eigenvalue weighted by molar-refractivity contribution is 5.89. The summed E-state index contributed by atoms with van der Waals surface area (Å²) < 4.78 is 16.3. The maximum atomic E-state index is 11.1. The largest absolute Gasteiger partial charge is 0.469 e. The zero-order valence-corrected chi connectivity index (χ0v) is 11.8. The lowest BCUT2D eigenvalue weighted by molar-refractivity contribution is -0.171. The molecule has 0 bridgehead atoms. The van der Waals surface area contributed by atoms with E-state index < -0.39 is 5.79 Å². The molecule has 0 aromatic carbocycles. The zero-order valence-electron chi connectivity index (χ0n) is 11.8. The maximum Gasteiger partial charge on any atom is 0.305 e. The van der Waals surface area contributed by atoms with Crippen molar-refractivity contribution in [2.45, 2.75) is 50.4 Å². The summed E-state index contributed by atoms with van der Waals surface area (Å²) in [4.78, 5) is 16.6. The van der Waals surface area contributed by atoms with Crippen LogP contribution in [0.5, 0.6) is 0 Å². The lowest BCUT2D eigenvalue weighted by Gasteiger charge is -2.28. The predicted molar refractivity (Wildman–Crippen MR) is 70.2 cm³/mol. The van der Waals surface area contributed by atoms with Gasteiger partial charge in [0.05, 0.1) is 32.0 Å². The van der Waals surface area contributed by atoms with E-state index >= 15 is 0 Å². The Kier molecular flexibility index (Phi) is 3.94. The molecule has 20 heavy (non-hydrogen) atoms. The van der Waals surface area contributed by atoms with Crippen LogP contribution in [0.25, 0.3) is 0 Å². The van der Waals surface area contributed by atoms with E-state index in [0.29, 0.717) is 19.6 Å². The fourth-order valence-electron chi connectivity index (χ4n) is 3.40. The summed E-state index contributed by atoms with van der Waals surface area (Å²) in [5.41, 5.74) is 1.03. The third-order valence-electron chi connectivity index (χ3n) is 4.35. The number of rotatable bonds is 5. The summed E-state index contributed by atoms with van der Waals surface area (Å²) in [7, 11) is 1.42. The Bertz CT molecular complexity index is 402. The van der Waals surface area contributed by atoms with Crippen LogP contribution in [0.1, 0.15) is 38.5 Å². The van der Waals surface area contributed by atoms with Crippen molar-refractivity contribution < 1.29 is 23.8 Å². The van der Waals surface area contributed by atoms with Crippen molar-refractivity contribution in [3.63, 3.8) is 0 Å².